The fourth-order valence-corrected chi connectivity index (χ4v) is 6.66. The van der Waals surface area contributed by atoms with Crippen LogP contribution in [0, 0.1) is 11.8 Å². The molecule has 3 aromatic rings. The Bertz CT molecular complexity index is 1490. The maximum Gasteiger partial charge on any atom is 0.393 e. The molecule has 2 heterocycles. The molecule has 4 rings (SSSR count). The summed E-state index contributed by atoms with van der Waals surface area (Å²) < 4.78 is 98.7. The number of thiophene rings is 1. The lowest BCUT2D eigenvalue weighted by Crippen LogP contribution is -2.46. The lowest BCUT2D eigenvalue weighted by atomic mass is 10.0. The number of alkyl halides is 6. The monoisotopic (exact) mass is 617 g/mol. The molecule has 0 radical (unpaired) electrons. The Kier molecular flexibility index (Phi) is 9.52. The second-order valence-corrected chi connectivity index (χ2v) is 14.5. The maximum atomic E-state index is 14.7. The summed E-state index contributed by atoms with van der Waals surface area (Å²) in [4.78, 5) is 2.10. The van der Waals surface area contributed by atoms with Crippen LogP contribution in [-0.2, 0) is 11.0 Å². The number of hydrogen-bond donors (Lipinski definition) is 2. The van der Waals surface area contributed by atoms with Crippen LogP contribution in [0.2, 0.25) is 0 Å². The van der Waals surface area contributed by atoms with Crippen molar-refractivity contribution in [2.24, 2.45) is 0 Å². The molecule has 0 unspecified atom stereocenters. The number of nitrogens with one attached hydrogen (secondary N) is 2. The molecule has 41 heavy (non-hydrogen) atoms. The van der Waals surface area contributed by atoms with E-state index in [9.17, 15) is 30.9 Å². The van der Waals surface area contributed by atoms with Gasteiger partial charge in [0.2, 0.25) is 0 Å². The van der Waals surface area contributed by atoms with Crippen molar-refractivity contribution in [3.8, 4) is 17.6 Å². The van der Waals surface area contributed by atoms with Crippen LogP contribution >= 0.6 is 18.5 Å². The molecule has 1 saturated heterocycles. The molecular weight excluding hydrogens is 587 g/mol. The van der Waals surface area contributed by atoms with Crippen molar-refractivity contribution in [1.82, 2.24) is 4.90 Å². The largest absolute Gasteiger partial charge is 0.433 e. The summed E-state index contributed by atoms with van der Waals surface area (Å²) in [6, 6.07) is 8.74. The van der Waals surface area contributed by atoms with Gasteiger partial charge in [-0.3, -0.25) is 0 Å². The van der Waals surface area contributed by atoms with Crippen LogP contribution in [0.15, 0.2) is 36.4 Å². The van der Waals surface area contributed by atoms with Crippen molar-refractivity contribution in [2.45, 2.75) is 37.8 Å². The highest BCUT2D eigenvalue weighted by molar-refractivity contribution is 7.70. The Morgan fingerprint density at radius 3 is 2.61 bits per heavy atom. The number of piperidine rings is 1. The van der Waals surface area contributed by atoms with Crippen LogP contribution in [-0.4, -0.2) is 69.9 Å². The number of benzene rings is 2. The lowest BCUT2D eigenvalue weighted by molar-refractivity contribution is -0.126. The first-order valence-electron chi connectivity index (χ1n) is 12.8. The van der Waals surface area contributed by atoms with Crippen molar-refractivity contribution < 1.29 is 35.6 Å². The smallest absolute Gasteiger partial charge is 0.393 e. The Morgan fingerprint density at radius 1 is 1.20 bits per heavy atom. The van der Waals surface area contributed by atoms with Crippen LogP contribution in [0.3, 0.4) is 0 Å². The first-order valence-corrected chi connectivity index (χ1v) is 16.2. The molecular formula is C28H30F6N3O2PS. The zero-order valence-corrected chi connectivity index (χ0v) is 24.3. The minimum Gasteiger partial charge on any atom is -0.433 e. The zero-order valence-electron chi connectivity index (χ0n) is 22.6. The summed E-state index contributed by atoms with van der Waals surface area (Å²) in [5.41, 5.74) is 0.757. The molecule has 2 aromatic carbocycles. The number of anilines is 2. The van der Waals surface area contributed by atoms with Crippen molar-refractivity contribution >= 4 is 45.2 Å². The van der Waals surface area contributed by atoms with Gasteiger partial charge in [-0.15, -0.1) is 11.3 Å². The van der Waals surface area contributed by atoms with Gasteiger partial charge in [-0.1, -0.05) is 24.0 Å². The Hall–Kier alpha value is -2.87. The summed E-state index contributed by atoms with van der Waals surface area (Å²) in [5.74, 6) is 5.36. The predicted octanol–water partition coefficient (Wildman–Crippen LogP) is 6.77. The Labute approximate surface area is 238 Å². The Morgan fingerprint density at radius 2 is 1.95 bits per heavy atom. The van der Waals surface area contributed by atoms with E-state index in [1.54, 1.807) is 18.2 Å². The normalized spacial score (nSPS) is 18.3. The highest BCUT2D eigenvalue weighted by Gasteiger charge is 2.32. The van der Waals surface area contributed by atoms with Gasteiger partial charge in [-0.25, -0.2) is 4.39 Å². The SMILES string of the molecule is CN1CC[C@@H](Nc2cccc3c(CC(F)(F)F)c(C#CCNc4ccc(P(C)(C)=O)cc4OC(F)F)sc23)[C@H](F)C1. The molecule has 5 nitrogen and oxygen atoms in total. The summed E-state index contributed by atoms with van der Waals surface area (Å²) in [6.07, 6.45) is -6.24. The van der Waals surface area contributed by atoms with Gasteiger partial charge in [0.05, 0.1) is 40.0 Å². The molecule has 1 aromatic heterocycles. The van der Waals surface area contributed by atoms with E-state index in [4.69, 9.17) is 0 Å². The van der Waals surface area contributed by atoms with Crippen molar-refractivity contribution in [2.75, 3.05) is 50.6 Å². The summed E-state index contributed by atoms with van der Waals surface area (Å²) in [5, 5.41) is 6.79. The van der Waals surface area contributed by atoms with Crippen molar-refractivity contribution in [3.63, 3.8) is 0 Å². The number of nitrogens with zero attached hydrogens (tertiary/aromatic N) is 1. The van der Waals surface area contributed by atoms with E-state index < -0.39 is 38.6 Å². The van der Waals surface area contributed by atoms with Crippen LogP contribution in [0.25, 0.3) is 10.1 Å². The van der Waals surface area contributed by atoms with Gasteiger partial charge in [0.15, 0.2) is 0 Å². The molecule has 1 aliphatic heterocycles. The number of halogens is 6. The third-order valence-electron chi connectivity index (χ3n) is 6.65. The minimum atomic E-state index is -4.48. The summed E-state index contributed by atoms with van der Waals surface area (Å²) >= 11 is 1.09. The van der Waals surface area contributed by atoms with Crippen molar-refractivity contribution in [1.29, 1.82) is 0 Å². The third kappa shape index (κ3) is 8.12. The number of hydrogen-bond acceptors (Lipinski definition) is 6. The van der Waals surface area contributed by atoms with Crippen molar-refractivity contribution in [3.05, 3.63) is 46.8 Å². The highest BCUT2D eigenvalue weighted by Crippen LogP contribution is 2.40. The standard InChI is InChI=1S/C28H30F6N3O2PS/c1-37-13-11-21(20(29)16-37)36-23-7-4-6-18-19(15-28(32,33)34)25(41-26(18)23)8-5-12-35-22-10-9-17(40(2,3)38)14-24(22)39-27(30)31/h4,6-7,9-10,14,20-21,27,35-36H,11-13,15-16H2,1-3H3/t20-,21-/m1/s1. The second kappa shape index (κ2) is 12.6. The average molecular weight is 618 g/mol. The van der Waals surface area contributed by atoms with E-state index >= 15 is 0 Å². The molecule has 1 fully saturated rings. The van der Waals surface area contributed by atoms with Gasteiger partial charge in [-0.05, 0) is 62.0 Å². The van der Waals surface area contributed by atoms with E-state index in [1.807, 2.05) is 11.9 Å². The van der Waals surface area contributed by atoms with Gasteiger partial charge < -0.3 is 24.8 Å². The fourth-order valence-electron chi connectivity index (χ4n) is 4.63. The molecule has 13 heteroatoms. The van der Waals surface area contributed by atoms with E-state index in [0.717, 1.165) is 11.3 Å². The van der Waals surface area contributed by atoms with Crippen LogP contribution in [0.4, 0.5) is 37.7 Å². The fraction of sp³-hybridized carbons (Fsp3) is 0.429. The molecule has 0 saturated carbocycles. The quantitative estimate of drug-likeness (QED) is 0.166. The zero-order chi connectivity index (χ0) is 29.9. The minimum absolute atomic E-state index is 0.0292. The molecule has 1 aliphatic rings. The number of likely N-dealkylation sites (tertiary alicyclic amines) is 1. The summed E-state index contributed by atoms with van der Waals surface area (Å²) in [7, 11) is -0.904. The van der Waals surface area contributed by atoms with Crippen LogP contribution in [0.5, 0.6) is 5.75 Å². The Balaban J connectivity index is 1.61. The molecule has 0 amide bonds. The van der Waals surface area contributed by atoms with E-state index in [0.29, 0.717) is 34.0 Å². The first-order chi connectivity index (χ1) is 19.2. The van der Waals surface area contributed by atoms with E-state index in [-0.39, 0.29) is 35.0 Å². The molecule has 0 bridgehead atoms. The van der Waals surface area contributed by atoms with Gasteiger partial charge in [-0.2, -0.15) is 22.0 Å². The molecule has 222 valence electrons. The van der Waals surface area contributed by atoms with E-state index in [2.05, 4.69) is 27.2 Å². The van der Waals surface area contributed by atoms with Crippen LogP contribution in [0.1, 0.15) is 16.9 Å². The number of ether oxygens (including phenoxy) is 1. The van der Waals surface area contributed by atoms with Gasteiger partial charge in [0, 0.05) is 18.4 Å². The van der Waals surface area contributed by atoms with Crippen LogP contribution < -0.4 is 20.7 Å². The molecule has 2 N–H and O–H groups in total. The van der Waals surface area contributed by atoms with E-state index in [1.165, 1.54) is 31.5 Å². The number of fused-ring (bicyclic) bond motifs is 1. The van der Waals surface area contributed by atoms with Gasteiger partial charge >= 0.3 is 12.8 Å². The molecule has 0 spiro atoms. The predicted molar refractivity (Wildman–Crippen MR) is 154 cm³/mol. The second-order valence-electron chi connectivity index (χ2n) is 10.3. The molecule has 0 aliphatic carbocycles. The van der Waals surface area contributed by atoms with Gasteiger partial charge in [0.1, 0.15) is 19.1 Å². The summed E-state index contributed by atoms with van der Waals surface area (Å²) in [6.45, 7) is 0.772. The number of rotatable bonds is 8. The first kappa shape index (κ1) is 31.1. The highest BCUT2D eigenvalue weighted by atomic mass is 32.1. The van der Waals surface area contributed by atoms with Gasteiger partial charge in [0.25, 0.3) is 0 Å². The maximum absolute atomic E-state index is 14.7. The molecule has 2 atom stereocenters. The lowest BCUT2D eigenvalue weighted by Gasteiger charge is -2.33. The third-order valence-corrected chi connectivity index (χ3v) is 9.37. The average Bonchev–Trinajstić information content (AvgIpc) is 3.20. The topological polar surface area (TPSA) is 53.6 Å².